The molecule has 0 bridgehead atoms. The zero-order valence-corrected chi connectivity index (χ0v) is 8.46. The monoisotopic (exact) mass is 201 g/mol. The van der Waals surface area contributed by atoms with Crippen molar-refractivity contribution in [2.45, 2.75) is 13.3 Å². The minimum Gasteiger partial charge on any atom is -0.326 e. The van der Waals surface area contributed by atoms with Gasteiger partial charge in [0.25, 0.3) is 0 Å². The molecule has 1 aromatic rings. The first-order valence-corrected chi connectivity index (χ1v) is 4.71. The van der Waals surface area contributed by atoms with Gasteiger partial charge in [0, 0.05) is 24.6 Å². The Bertz CT molecular complexity index is 475. The molecule has 0 atom stereocenters. The van der Waals surface area contributed by atoms with Crippen LogP contribution in [0.1, 0.15) is 22.8 Å². The molecule has 0 fully saturated rings. The third kappa shape index (κ3) is 1.68. The largest absolute Gasteiger partial charge is 0.326 e. The number of rotatable bonds is 1. The molecule has 76 valence electrons. The molecule has 0 aliphatic heterocycles. The van der Waals surface area contributed by atoms with Crippen molar-refractivity contribution in [1.82, 2.24) is 0 Å². The summed E-state index contributed by atoms with van der Waals surface area (Å²) in [6.07, 6.45) is 0.620. The van der Waals surface area contributed by atoms with Gasteiger partial charge in [0.1, 0.15) is 0 Å². The van der Waals surface area contributed by atoms with Crippen molar-refractivity contribution in [2.75, 3.05) is 5.32 Å². The summed E-state index contributed by atoms with van der Waals surface area (Å²) in [4.78, 5) is 22.5. The predicted octanol–water partition coefficient (Wildman–Crippen LogP) is 1.94. The molecule has 1 N–H and O–H groups in total. The van der Waals surface area contributed by atoms with E-state index in [0.717, 1.165) is 5.56 Å². The maximum atomic E-state index is 11.6. The molecule has 15 heavy (non-hydrogen) atoms. The summed E-state index contributed by atoms with van der Waals surface area (Å²) in [5, 5.41) is 2.65. The Kier molecular flexibility index (Phi) is 2.15. The van der Waals surface area contributed by atoms with Crippen molar-refractivity contribution in [3.05, 3.63) is 41.5 Å². The second-order valence-corrected chi connectivity index (χ2v) is 3.66. The lowest BCUT2D eigenvalue weighted by Crippen LogP contribution is -2.06. The molecule has 1 aliphatic carbocycles. The van der Waals surface area contributed by atoms with Gasteiger partial charge >= 0.3 is 0 Å². The van der Waals surface area contributed by atoms with Gasteiger partial charge < -0.3 is 5.32 Å². The lowest BCUT2D eigenvalue weighted by molar-refractivity contribution is -0.114. The molecule has 0 heterocycles. The summed E-state index contributed by atoms with van der Waals surface area (Å²) in [6.45, 7) is 5.14. The zero-order chi connectivity index (χ0) is 11.0. The minimum atomic E-state index is -0.140. The highest BCUT2D eigenvalue weighted by Gasteiger charge is 2.23. The Balaban J connectivity index is 2.39. The Labute approximate surface area is 87.8 Å². The van der Waals surface area contributed by atoms with Crippen LogP contribution in [0, 0.1) is 0 Å². The molecule has 3 heteroatoms. The number of anilines is 1. The smallest absolute Gasteiger partial charge is 0.221 e. The van der Waals surface area contributed by atoms with E-state index < -0.39 is 0 Å². The summed E-state index contributed by atoms with van der Waals surface area (Å²) in [5.74, 6) is -0.156. The first kappa shape index (κ1) is 9.65. The van der Waals surface area contributed by atoms with Crippen LogP contribution in [0.4, 0.5) is 5.69 Å². The van der Waals surface area contributed by atoms with Crippen molar-refractivity contribution in [2.24, 2.45) is 0 Å². The van der Waals surface area contributed by atoms with Crippen LogP contribution in [0.2, 0.25) is 0 Å². The van der Waals surface area contributed by atoms with Gasteiger partial charge in [-0.1, -0.05) is 12.6 Å². The molecule has 0 radical (unpaired) electrons. The molecule has 0 unspecified atom stereocenters. The summed E-state index contributed by atoms with van der Waals surface area (Å²) in [6, 6.07) is 5.36. The number of benzene rings is 1. The maximum Gasteiger partial charge on any atom is 0.221 e. The number of amides is 1. The standard InChI is InChI=1S/C12H11NO2/c1-7-5-9-3-4-10(13-8(2)14)6-11(9)12(7)15/h3-4,6H,1,5H2,2H3,(H,13,14). The van der Waals surface area contributed by atoms with Gasteiger partial charge in [-0.05, 0) is 23.3 Å². The van der Waals surface area contributed by atoms with Crippen LogP contribution in [0.5, 0.6) is 0 Å². The van der Waals surface area contributed by atoms with Crippen molar-refractivity contribution in [3.8, 4) is 0 Å². The topological polar surface area (TPSA) is 46.2 Å². The third-order valence-electron chi connectivity index (χ3n) is 2.40. The molecular weight excluding hydrogens is 190 g/mol. The molecule has 1 aliphatic rings. The van der Waals surface area contributed by atoms with Crippen molar-refractivity contribution < 1.29 is 9.59 Å². The van der Waals surface area contributed by atoms with Crippen LogP contribution >= 0.6 is 0 Å². The summed E-state index contributed by atoms with van der Waals surface area (Å²) >= 11 is 0. The van der Waals surface area contributed by atoms with E-state index in [1.54, 1.807) is 12.1 Å². The molecule has 1 amide bonds. The van der Waals surface area contributed by atoms with Gasteiger partial charge in [-0.3, -0.25) is 9.59 Å². The molecule has 0 saturated carbocycles. The number of ketones is 1. The fourth-order valence-corrected chi connectivity index (χ4v) is 1.72. The SMILES string of the molecule is C=C1Cc2ccc(NC(C)=O)cc2C1=O. The number of fused-ring (bicyclic) bond motifs is 1. The number of carbonyl (C=O) groups is 2. The van der Waals surface area contributed by atoms with Crippen molar-refractivity contribution in [3.63, 3.8) is 0 Å². The van der Waals surface area contributed by atoms with Crippen molar-refractivity contribution >= 4 is 17.4 Å². The Morgan fingerprint density at radius 2 is 2.20 bits per heavy atom. The minimum absolute atomic E-state index is 0.0165. The van der Waals surface area contributed by atoms with Gasteiger partial charge in [-0.25, -0.2) is 0 Å². The number of nitrogens with one attached hydrogen (secondary N) is 1. The fraction of sp³-hybridized carbons (Fsp3) is 0.167. The highest BCUT2D eigenvalue weighted by atomic mass is 16.1. The summed E-state index contributed by atoms with van der Waals surface area (Å²) in [7, 11) is 0. The lowest BCUT2D eigenvalue weighted by atomic mass is 10.1. The average Bonchev–Trinajstić information content (AvgIpc) is 2.43. The molecular formula is C12H11NO2. The fourth-order valence-electron chi connectivity index (χ4n) is 1.72. The number of Topliss-reactive ketones (excluding diaryl/α,β-unsaturated/α-hetero) is 1. The highest BCUT2D eigenvalue weighted by molar-refractivity contribution is 6.13. The highest BCUT2D eigenvalue weighted by Crippen LogP contribution is 2.27. The van der Waals surface area contributed by atoms with E-state index in [1.807, 2.05) is 6.07 Å². The molecule has 2 rings (SSSR count). The van der Waals surface area contributed by atoms with Crippen LogP contribution in [0.15, 0.2) is 30.4 Å². The zero-order valence-electron chi connectivity index (χ0n) is 8.46. The van der Waals surface area contributed by atoms with E-state index in [9.17, 15) is 9.59 Å². The van der Waals surface area contributed by atoms with E-state index >= 15 is 0 Å². The number of hydrogen-bond acceptors (Lipinski definition) is 2. The van der Waals surface area contributed by atoms with Crippen LogP contribution in [-0.4, -0.2) is 11.7 Å². The van der Waals surface area contributed by atoms with Crippen LogP contribution in [-0.2, 0) is 11.2 Å². The van der Waals surface area contributed by atoms with Gasteiger partial charge in [0.15, 0.2) is 5.78 Å². The Morgan fingerprint density at radius 3 is 2.87 bits per heavy atom. The average molecular weight is 201 g/mol. The quantitative estimate of drug-likeness (QED) is 0.706. The Morgan fingerprint density at radius 1 is 1.47 bits per heavy atom. The second kappa shape index (κ2) is 3.35. The van der Waals surface area contributed by atoms with E-state index in [2.05, 4.69) is 11.9 Å². The summed E-state index contributed by atoms with van der Waals surface area (Å²) < 4.78 is 0. The first-order chi connectivity index (χ1) is 7.08. The Hall–Kier alpha value is -1.90. The van der Waals surface area contributed by atoms with E-state index in [0.29, 0.717) is 23.2 Å². The van der Waals surface area contributed by atoms with Crippen LogP contribution in [0.25, 0.3) is 0 Å². The first-order valence-electron chi connectivity index (χ1n) is 4.71. The number of hydrogen-bond donors (Lipinski definition) is 1. The second-order valence-electron chi connectivity index (χ2n) is 3.66. The van der Waals surface area contributed by atoms with Crippen molar-refractivity contribution in [1.29, 1.82) is 0 Å². The maximum absolute atomic E-state index is 11.6. The van der Waals surface area contributed by atoms with Gasteiger partial charge in [-0.15, -0.1) is 0 Å². The summed E-state index contributed by atoms with van der Waals surface area (Å²) in [5.41, 5.74) is 2.92. The van der Waals surface area contributed by atoms with E-state index in [1.165, 1.54) is 6.92 Å². The predicted molar refractivity (Wildman–Crippen MR) is 57.9 cm³/mol. The van der Waals surface area contributed by atoms with Gasteiger partial charge in [0.2, 0.25) is 5.91 Å². The van der Waals surface area contributed by atoms with Gasteiger partial charge in [0.05, 0.1) is 0 Å². The van der Waals surface area contributed by atoms with E-state index in [4.69, 9.17) is 0 Å². The lowest BCUT2D eigenvalue weighted by Gasteiger charge is -2.03. The molecule has 3 nitrogen and oxygen atoms in total. The number of allylic oxidation sites excluding steroid dienone is 1. The molecule has 0 saturated heterocycles. The molecule has 0 spiro atoms. The van der Waals surface area contributed by atoms with Crippen LogP contribution in [0.3, 0.4) is 0 Å². The number of carbonyl (C=O) groups excluding carboxylic acids is 2. The van der Waals surface area contributed by atoms with Gasteiger partial charge in [-0.2, -0.15) is 0 Å². The van der Waals surface area contributed by atoms with Crippen LogP contribution < -0.4 is 5.32 Å². The normalized spacial score (nSPS) is 13.9. The third-order valence-corrected chi connectivity index (χ3v) is 2.40. The molecule has 0 aromatic heterocycles. The molecule has 1 aromatic carbocycles. The van der Waals surface area contributed by atoms with E-state index in [-0.39, 0.29) is 11.7 Å².